The van der Waals surface area contributed by atoms with E-state index in [1.807, 2.05) is 13.8 Å². The Hall–Kier alpha value is -5.05. The highest BCUT2D eigenvalue weighted by atomic mass is 32.1. The lowest BCUT2D eigenvalue weighted by Gasteiger charge is -2.15. The standard InChI is InChI=1S/4C10H14.C8H11NO2.C2H3NS.C2H4O2.CH5N.CH4O/c4*1-9(2)8-10-6-4-3-5-7-10;1-6(2)5-9-7(10)3-4-8(9)11;1-3-2-4;1-2(3)4;2*1-2/h4*3-7,9H,8H2,1-2H3;3-4,6H,5H2,1-2H3;1H3;1H3,(H,3,4);2H2,1H3;2H,1H3. The van der Waals surface area contributed by atoms with Gasteiger partial charge >= 0.3 is 0 Å². The molecular weight excluding hydrogens is 803 g/mol. The number of thiocarbonyl (C=S) groups is 1. The molecule has 4 aromatic carbocycles. The first-order valence-electron chi connectivity index (χ1n) is 21.8. The topological polar surface area (TPSA) is 133 Å². The van der Waals surface area contributed by atoms with Gasteiger partial charge in [-0.05, 0) is 96.8 Å². The molecule has 1 aliphatic rings. The van der Waals surface area contributed by atoms with Gasteiger partial charge in [0.1, 0.15) is 0 Å². The third-order valence-electron chi connectivity index (χ3n) is 7.49. The summed E-state index contributed by atoms with van der Waals surface area (Å²) in [4.78, 5) is 35.4. The zero-order valence-corrected chi connectivity index (χ0v) is 41.9. The Labute approximate surface area is 388 Å². The van der Waals surface area contributed by atoms with Crippen molar-refractivity contribution in [2.45, 2.75) is 102 Å². The van der Waals surface area contributed by atoms with Gasteiger partial charge in [-0.25, -0.2) is 4.99 Å². The summed E-state index contributed by atoms with van der Waals surface area (Å²) in [5, 5.41) is 16.6. The van der Waals surface area contributed by atoms with E-state index >= 15 is 0 Å². The van der Waals surface area contributed by atoms with E-state index in [4.69, 9.17) is 15.0 Å². The zero-order chi connectivity index (χ0) is 49.0. The summed E-state index contributed by atoms with van der Waals surface area (Å²) in [7, 11) is 4.09. The molecule has 9 heteroatoms. The number of carboxylic acids is 1. The van der Waals surface area contributed by atoms with Crippen LogP contribution in [0, 0.1) is 29.6 Å². The lowest BCUT2D eigenvalue weighted by Crippen LogP contribution is -2.33. The molecule has 0 aromatic heterocycles. The molecule has 0 atom stereocenters. The molecule has 4 N–H and O–H groups in total. The van der Waals surface area contributed by atoms with Gasteiger partial charge in [-0.2, -0.15) is 0 Å². The molecule has 0 saturated carbocycles. The van der Waals surface area contributed by atoms with Crippen molar-refractivity contribution in [3.8, 4) is 0 Å². The Balaban J connectivity index is -0.000000325. The molecular formula is C54H83N3O5S. The SMILES string of the molecule is CC(=O)O.CC(C)CN1C(=O)C=CC1=O.CC(C)Cc1ccccc1.CC(C)Cc1ccccc1.CC(C)Cc1ccccc1.CC(C)Cc1ccccc1.CN.CN=C=S.CO. The monoisotopic (exact) mass is 886 g/mol. The Kier molecular flexibility index (Phi) is 46.1. The number of carboxylic acid groups (broad SMARTS) is 1. The number of aliphatic carboxylic acids is 1. The van der Waals surface area contributed by atoms with Crippen molar-refractivity contribution < 1.29 is 24.6 Å². The van der Waals surface area contributed by atoms with Gasteiger partial charge in [0.15, 0.2) is 0 Å². The Morgan fingerprint density at radius 1 is 0.540 bits per heavy atom. The number of nitrogens with zero attached hydrogens (tertiary/aromatic N) is 2. The minimum Gasteiger partial charge on any atom is -0.481 e. The summed E-state index contributed by atoms with van der Waals surface area (Å²) in [6, 6.07) is 42.4. The summed E-state index contributed by atoms with van der Waals surface area (Å²) in [5.41, 5.74) is 10.3. The van der Waals surface area contributed by atoms with Gasteiger partial charge in [-0.15, -0.1) is 0 Å². The number of hydrogen-bond donors (Lipinski definition) is 3. The van der Waals surface area contributed by atoms with Crippen molar-refractivity contribution in [1.29, 1.82) is 0 Å². The fourth-order valence-electron chi connectivity index (χ4n) is 5.32. The summed E-state index contributed by atoms with van der Waals surface area (Å²) < 4.78 is 0. The third-order valence-corrected chi connectivity index (χ3v) is 7.67. The smallest absolute Gasteiger partial charge is 0.300 e. The molecule has 4 aromatic rings. The molecule has 350 valence electrons. The molecule has 0 unspecified atom stereocenters. The van der Waals surface area contributed by atoms with E-state index in [0.717, 1.165) is 37.7 Å². The van der Waals surface area contributed by atoms with E-state index in [-0.39, 0.29) is 11.8 Å². The molecule has 5 rings (SSSR count). The summed E-state index contributed by atoms with van der Waals surface area (Å²) >= 11 is 4.14. The second kappa shape index (κ2) is 45.0. The molecule has 0 bridgehead atoms. The van der Waals surface area contributed by atoms with Gasteiger partial charge in [0.25, 0.3) is 17.8 Å². The average molecular weight is 886 g/mol. The number of aliphatic imine (C=N–C) groups is 1. The van der Waals surface area contributed by atoms with Crippen molar-refractivity contribution in [3.05, 3.63) is 156 Å². The highest BCUT2D eigenvalue weighted by Crippen LogP contribution is 2.09. The number of isothiocyanates is 1. The quantitative estimate of drug-likeness (QED) is 0.0820. The second-order valence-electron chi connectivity index (χ2n) is 16.2. The molecule has 0 aliphatic carbocycles. The number of amides is 2. The highest BCUT2D eigenvalue weighted by molar-refractivity contribution is 7.78. The first kappa shape index (κ1) is 64.6. The molecule has 0 fully saturated rings. The van der Waals surface area contributed by atoms with E-state index in [2.05, 4.69) is 205 Å². The number of carbonyl (C=O) groups excluding carboxylic acids is 2. The van der Waals surface area contributed by atoms with Crippen molar-refractivity contribution in [2.24, 2.45) is 40.3 Å². The Bertz CT molecular complexity index is 1500. The maximum atomic E-state index is 10.9. The van der Waals surface area contributed by atoms with Crippen LogP contribution in [0.2, 0.25) is 0 Å². The van der Waals surface area contributed by atoms with Gasteiger partial charge < -0.3 is 15.9 Å². The van der Waals surface area contributed by atoms with Gasteiger partial charge in [0.2, 0.25) is 0 Å². The van der Waals surface area contributed by atoms with Crippen molar-refractivity contribution in [3.63, 3.8) is 0 Å². The van der Waals surface area contributed by atoms with Crippen LogP contribution in [0.15, 0.2) is 138 Å². The van der Waals surface area contributed by atoms with Crippen LogP contribution < -0.4 is 5.73 Å². The van der Waals surface area contributed by atoms with Crippen LogP contribution in [0.25, 0.3) is 0 Å². The van der Waals surface area contributed by atoms with Crippen molar-refractivity contribution in [2.75, 3.05) is 27.7 Å². The van der Waals surface area contributed by atoms with E-state index in [0.29, 0.717) is 12.5 Å². The van der Waals surface area contributed by atoms with Crippen LogP contribution in [0.1, 0.15) is 98.4 Å². The predicted molar refractivity (Wildman–Crippen MR) is 273 cm³/mol. The van der Waals surface area contributed by atoms with E-state index in [1.165, 1.54) is 72.0 Å². The van der Waals surface area contributed by atoms with Crippen LogP contribution in [-0.4, -0.2) is 65.8 Å². The van der Waals surface area contributed by atoms with E-state index < -0.39 is 5.97 Å². The van der Waals surface area contributed by atoms with Crippen LogP contribution in [0.3, 0.4) is 0 Å². The first-order valence-corrected chi connectivity index (χ1v) is 22.2. The number of aliphatic hydroxyl groups is 1. The number of aliphatic hydroxyl groups excluding tert-OH is 1. The fraction of sp³-hybridized carbons (Fsp3) is 0.444. The number of imide groups is 1. The molecule has 1 aliphatic heterocycles. The largest absolute Gasteiger partial charge is 0.481 e. The Morgan fingerprint density at radius 3 is 0.873 bits per heavy atom. The number of benzene rings is 4. The lowest BCUT2D eigenvalue weighted by molar-refractivity contribution is -0.137. The molecule has 8 nitrogen and oxygen atoms in total. The van der Waals surface area contributed by atoms with E-state index in [1.54, 1.807) is 7.05 Å². The summed E-state index contributed by atoms with van der Waals surface area (Å²) in [5.74, 6) is 2.18. The average Bonchev–Trinajstić information content (AvgIpc) is 3.55. The normalized spacial score (nSPS) is 10.4. The fourth-order valence-corrected chi connectivity index (χ4v) is 5.32. The van der Waals surface area contributed by atoms with Gasteiger partial charge in [0, 0.05) is 39.8 Å². The van der Waals surface area contributed by atoms with Crippen molar-refractivity contribution in [1.82, 2.24) is 4.90 Å². The molecule has 0 spiro atoms. The number of carbonyl (C=O) groups is 3. The minimum absolute atomic E-state index is 0.191. The van der Waals surface area contributed by atoms with Crippen LogP contribution in [0.5, 0.6) is 0 Å². The molecule has 2 amide bonds. The summed E-state index contributed by atoms with van der Waals surface area (Å²) in [6.07, 6.45) is 7.40. The Morgan fingerprint density at radius 2 is 0.730 bits per heavy atom. The molecule has 1 heterocycles. The van der Waals surface area contributed by atoms with Gasteiger partial charge in [-0.3, -0.25) is 19.3 Å². The number of rotatable bonds is 10. The van der Waals surface area contributed by atoms with Crippen LogP contribution >= 0.6 is 12.2 Å². The highest BCUT2D eigenvalue weighted by Gasteiger charge is 2.23. The number of hydrogen-bond acceptors (Lipinski definition) is 7. The predicted octanol–water partition coefficient (Wildman–Crippen LogP) is 12.1. The maximum Gasteiger partial charge on any atom is 0.300 e. The van der Waals surface area contributed by atoms with E-state index in [9.17, 15) is 9.59 Å². The first-order chi connectivity index (χ1) is 29.9. The third kappa shape index (κ3) is 46.3. The summed E-state index contributed by atoms with van der Waals surface area (Å²) in [6.45, 7) is 23.5. The molecule has 63 heavy (non-hydrogen) atoms. The molecule has 0 saturated heterocycles. The van der Waals surface area contributed by atoms with Crippen molar-refractivity contribution >= 4 is 35.2 Å². The zero-order valence-electron chi connectivity index (χ0n) is 41.1. The molecule has 0 radical (unpaired) electrons. The minimum atomic E-state index is -0.833. The maximum absolute atomic E-state index is 10.9. The van der Waals surface area contributed by atoms with Crippen LogP contribution in [-0.2, 0) is 40.1 Å². The number of nitrogens with two attached hydrogens (primary N) is 1. The second-order valence-corrected chi connectivity index (χ2v) is 16.4. The lowest BCUT2D eigenvalue weighted by atomic mass is 10.0. The van der Waals surface area contributed by atoms with Crippen LogP contribution in [0.4, 0.5) is 0 Å². The van der Waals surface area contributed by atoms with Gasteiger partial charge in [0.05, 0.1) is 5.16 Å². The van der Waals surface area contributed by atoms with Gasteiger partial charge in [-0.1, -0.05) is 191 Å².